The van der Waals surface area contributed by atoms with Crippen molar-refractivity contribution in [2.45, 2.75) is 24.1 Å². The zero-order chi connectivity index (χ0) is 20.1. The highest BCUT2D eigenvalue weighted by molar-refractivity contribution is 7.90. The number of carbonyl (C=O) groups is 1. The number of nitrogens with zero attached hydrogens (tertiary/aromatic N) is 2. The lowest BCUT2D eigenvalue weighted by Gasteiger charge is -2.15. The first-order valence-electron chi connectivity index (χ1n) is 8.42. The van der Waals surface area contributed by atoms with E-state index in [0.29, 0.717) is 12.0 Å². The number of carbonyl (C=O) groups excluding carboxylic acids is 1. The molecule has 0 aliphatic carbocycles. The molecule has 9 heteroatoms. The highest BCUT2D eigenvalue weighted by Gasteiger charge is 2.24. The van der Waals surface area contributed by atoms with Gasteiger partial charge in [0.1, 0.15) is 11.9 Å². The van der Waals surface area contributed by atoms with E-state index in [-0.39, 0.29) is 24.0 Å². The van der Waals surface area contributed by atoms with Crippen molar-refractivity contribution in [2.75, 3.05) is 6.26 Å². The van der Waals surface area contributed by atoms with E-state index in [9.17, 15) is 17.6 Å². The molecule has 0 aliphatic rings. The second-order valence-electron chi connectivity index (χ2n) is 6.29. The van der Waals surface area contributed by atoms with E-state index in [2.05, 4.69) is 15.5 Å². The summed E-state index contributed by atoms with van der Waals surface area (Å²) < 4.78 is 41.5. The van der Waals surface area contributed by atoms with Crippen LogP contribution in [0.3, 0.4) is 0 Å². The third kappa shape index (κ3) is 5.23. The van der Waals surface area contributed by atoms with Gasteiger partial charge in [-0.25, -0.2) is 12.8 Å². The zero-order valence-electron chi connectivity index (χ0n) is 15.0. The largest absolute Gasteiger partial charge is 0.410 e. The Balaban J connectivity index is 1.80. The lowest BCUT2D eigenvalue weighted by Crippen LogP contribution is -2.31. The molecule has 2 aromatic carbocycles. The van der Waals surface area contributed by atoms with Gasteiger partial charge in [0.2, 0.25) is 21.6 Å². The van der Waals surface area contributed by atoms with Crippen LogP contribution in [-0.4, -0.2) is 30.8 Å². The van der Waals surface area contributed by atoms with Gasteiger partial charge < -0.3 is 9.73 Å². The van der Waals surface area contributed by atoms with Crippen molar-refractivity contribution in [3.05, 3.63) is 77.4 Å². The Kier molecular flexibility index (Phi) is 5.84. The summed E-state index contributed by atoms with van der Waals surface area (Å²) in [5, 5.41) is 9.62. The van der Waals surface area contributed by atoms with Crippen LogP contribution in [0.4, 0.5) is 4.39 Å². The Morgan fingerprint density at radius 1 is 1.07 bits per heavy atom. The van der Waals surface area contributed by atoms with Crippen LogP contribution in [0.15, 0.2) is 64.2 Å². The maximum absolute atomic E-state index is 13.0. The van der Waals surface area contributed by atoms with E-state index < -0.39 is 21.1 Å². The second-order valence-corrected chi connectivity index (χ2v) is 8.19. The zero-order valence-corrected chi connectivity index (χ0v) is 15.8. The summed E-state index contributed by atoms with van der Waals surface area (Å²) in [5.41, 5.74) is 1.54. The number of benzene rings is 2. The van der Waals surface area contributed by atoms with Gasteiger partial charge in [0.25, 0.3) is 0 Å². The van der Waals surface area contributed by atoms with Gasteiger partial charge in [0.05, 0.1) is 6.42 Å². The first-order valence-corrected chi connectivity index (χ1v) is 10.3. The summed E-state index contributed by atoms with van der Waals surface area (Å²) in [5.74, 6) is -0.728. The molecule has 0 aliphatic heterocycles. The molecule has 3 aromatic rings. The monoisotopic (exact) mass is 403 g/mol. The van der Waals surface area contributed by atoms with Gasteiger partial charge in [-0.15, -0.1) is 5.10 Å². The summed E-state index contributed by atoms with van der Waals surface area (Å²) in [6, 6.07) is 14.2. The van der Waals surface area contributed by atoms with Crippen LogP contribution in [0.2, 0.25) is 0 Å². The SMILES string of the molecule is CS(=O)(=O)c1nnc([C@H](Cc2ccccc2)NC(=O)Cc2ccc(F)cc2)o1. The van der Waals surface area contributed by atoms with Crippen molar-refractivity contribution in [1.29, 1.82) is 0 Å². The van der Waals surface area contributed by atoms with Gasteiger partial charge in [-0.1, -0.05) is 47.6 Å². The molecule has 7 nitrogen and oxygen atoms in total. The smallest absolute Gasteiger partial charge is 0.335 e. The molecule has 0 spiro atoms. The van der Waals surface area contributed by atoms with Gasteiger partial charge in [0.15, 0.2) is 0 Å². The number of hydrogen-bond donors (Lipinski definition) is 1. The second kappa shape index (κ2) is 8.30. The van der Waals surface area contributed by atoms with Gasteiger partial charge in [-0.05, 0) is 23.3 Å². The van der Waals surface area contributed by atoms with Crippen LogP contribution in [0.1, 0.15) is 23.1 Å². The molecule has 1 heterocycles. The minimum Gasteiger partial charge on any atom is -0.410 e. The summed E-state index contributed by atoms with van der Waals surface area (Å²) in [6.45, 7) is 0. The van der Waals surface area contributed by atoms with Crippen molar-refractivity contribution in [2.24, 2.45) is 0 Å². The molecule has 146 valence electrons. The minimum absolute atomic E-state index is 0.00302. The first-order chi connectivity index (χ1) is 13.3. The van der Waals surface area contributed by atoms with Crippen molar-refractivity contribution < 1.29 is 22.0 Å². The molecule has 1 atom stereocenters. The van der Waals surface area contributed by atoms with Crippen LogP contribution in [0.5, 0.6) is 0 Å². The third-order valence-electron chi connectivity index (χ3n) is 3.93. The molecule has 1 aromatic heterocycles. The van der Waals surface area contributed by atoms with Crippen LogP contribution in [-0.2, 0) is 27.5 Å². The van der Waals surface area contributed by atoms with Gasteiger partial charge in [-0.2, -0.15) is 0 Å². The van der Waals surface area contributed by atoms with Crippen molar-refractivity contribution in [1.82, 2.24) is 15.5 Å². The van der Waals surface area contributed by atoms with Gasteiger partial charge in [0, 0.05) is 12.7 Å². The summed E-state index contributed by atoms with van der Waals surface area (Å²) in [4.78, 5) is 12.5. The molecular weight excluding hydrogens is 385 g/mol. The predicted molar refractivity (Wildman–Crippen MR) is 98.5 cm³/mol. The molecule has 0 fully saturated rings. The topological polar surface area (TPSA) is 102 Å². The molecule has 1 amide bonds. The number of halogens is 1. The quantitative estimate of drug-likeness (QED) is 0.649. The fourth-order valence-electron chi connectivity index (χ4n) is 2.59. The lowest BCUT2D eigenvalue weighted by molar-refractivity contribution is -0.121. The lowest BCUT2D eigenvalue weighted by atomic mass is 10.1. The number of rotatable bonds is 7. The van der Waals surface area contributed by atoms with Crippen LogP contribution >= 0.6 is 0 Å². The highest BCUT2D eigenvalue weighted by Crippen LogP contribution is 2.19. The van der Waals surface area contributed by atoms with E-state index >= 15 is 0 Å². The van der Waals surface area contributed by atoms with Gasteiger partial charge >= 0.3 is 5.22 Å². The summed E-state index contributed by atoms with van der Waals surface area (Å²) >= 11 is 0. The number of amides is 1. The molecule has 0 bridgehead atoms. The van der Waals surface area contributed by atoms with Crippen LogP contribution < -0.4 is 5.32 Å². The average molecular weight is 403 g/mol. The van der Waals surface area contributed by atoms with Crippen molar-refractivity contribution >= 4 is 15.7 Å². The van der Waals surface area contributed by atoms with E-state index in [1.165, 1.54) is 24.3 Å². The maximum Gasteiger partial charge on any atom is 0.335 e. The molecule has 0 saturated heterocycles. The van der Waals surface area contributed by atoms with E-state index in [1.54, 1.807) is 0 Å². The number of aromatic nitrogens is 2. The Hall–Kier alpha value is -3.07. The van der Waals surface area contributed by atoms with Gasteiger partial charge in [-0.3, -0.25) is 4.79 Å². The van der Waals surface area contributed by atoms with Crippen LogP contribution in [0.25, 0.3) is 0 Å². The molecule has 0 unspecified atom stereocenters. The minimum atomic E-state index is -3.66. The predicted octanol–water partition coefficient (Wildman–Crippen LogP) is 2.25. The normalized spacial score (nSPS) is 12.5. The Morgan fingerprint density at radius 3 is 2.36 bits per heavy atom. The standard InChI is InChI=1S/C19H18FN3O4S/c1-28(25,26)19-23-22-18(27-19)16(11-13-5-3-2-4-6-13)21-17(24)12-14-7-9-15(20)10-8-14/h2-10,16H,11-12H2,1H3,(H,21,24)/t16-/m0/s1. The van der Waals surface area contributed by atoms with Crippen LogP contribution in [0, 0.1) is 5.82 Å². The molecule has 3 rings (SSSR count). The number of hydrogen-bond acceptors (Lipinski definition) is 6. The fourth-order valence-corrected chi connectivity index (χ4v) is 3.02. The molecule has 1 N–H and O–H groups in total. The van der Waals surface area contributed by atoms with E-state index in [0.717, 1.165) is 11.8 Å². The molecular formula is C19H18FN3O4S. The van der Waals surface area contributed by atoms with Crippen molar-refractivity contribution in [3.63, 3.8) is 0 Å². The fraction of sp³-hybridized carbons (Fsp3) is 0.211. The maximum atomic E-state index is 13.0. The Morgan fingerprint density at radius 2 is 1.75 bits per heavy atom. The highest BCUT2D eigenvalue weighted by atomic mass is 32.2. The summed E-state index contributed by atoms with van der Waals surface area (Å²) in [7, 11) is -3.66. The van der Waals surface area contributed by atoms with E-state index in [4.69, 9.17) is 4.42 Å². The number of nitrogens with one attached hydrogen (secondary N) is 1. The van der Waals surface area contributed by atoms with E-state index in [1.807, 2.05) is 30.3 Å². The van der Waals surface area contributed by atoms with Crippen molar-refractivity contribution in [3.8, 4) is 0 Å². The number of sulfone groups is 1. The molecule has 0 radical (unpaired) electrons. The average Bonchev–Trinajstić information content (AvgIpc) is 3.15. The molecule has 28 heavy (non-hydrogen) atoms. The third-order valence-corrected chi connectivity index (χ3v) is 4.73. The first kappa shape index (κ1) is 19.7. The Labute approximate surface area is 161 Å². The summed E-state index contributed by atoms with van der Waals surface area (Å²) in [6.07, 6.45) is 1.32. The molecule has 0 saturated carbocycles. The Bertz CT molecular complexity index is 1050.